The average Bonchev–Trinajstić information content (AvgIpc) is 2.75. The fourth-order valence-corrected chi connectivity index (χ4v) is 4.28. The summed E-state index contributed by atoms with van der Waals surface area (Å²) in [5.41, 5.74) is 0.835. The summed E-state index contributed by atoms with van der Waals surface area (Å²) in [6.07, 6.45) is 3.51. The van der Waals surface area contributed by atoms with Gasteiger partial charge in [-0.05, 0) is 50.5 Å². The van der Waals surface area contributed by atoms with Crippen molar-refractivity contribution >= 4 is 43.3 Å². The van der Waals surface area contributed by atoms with Crippen molar-refractivity contribution in [1.29, 1.82) is 0 Å². The first-order valence-corrected chi connectivity index (χ1v) is 11.1. The van der Waals surface area contributed by atoms with E-state index in [1.54, 1.807) is 12.1 Å². The first-order valence-electron chi connectivity index (χ1n) is 10.3. The fourth-order valence-electron chi connectivity index (χ4n) is 3.20. The van der Waals surface area contributed by atoms with Gasteiger partial charge in [-0.15, -0.1) is 11.3 Å². The molecule has 0 fully saturated rings. The molecule has 0 bridgehead atoms. The van der Waals surface area contributed by atoms with Crippen LogP contribution in [0.3, 0.4) is 0 Å². The predicted molar refractivity (Wildman–Crippen MR) is 121 cm³/mol. The van der Waals surface area contributed by atoms with E-state index in [1.807, 2.05) is 25.1 Å². The van der Waals surface area contributed by atoms with Crippen molar-refractivity contribution in [3.63, 3.8) is 0 Å². The van der Waals surface area contributed by atoms with Crippen molar-refractivity contribution in [2.45, 2.75) is 39.5 Å². The summed E-state index contributed by atoms with van der Waals surface area (Å²) < 4.78 is 12.1. The number of ether oxygens (including phenoxy) is 2. The summed E-state index contributed by atoms with van der Waals surface area (Å²) in [4.78, 5) is 38.1. The Labute approximate surface area is 179 Å². The quantitative estimate of drug-likeness (QED) is 0.149. The largest absolute Gasteiger partial charge is 0.460 e. The third-order valence-corrected chi connectivity index (χ3v) is 5.98. The smallest absolute Gasteiger partial charge is 0.379 e. The highest BCUT2D eigenvalue weighted by molar-refractivity contribution is 7.24. The molecule has 5 nitrogen and oxygen atoms in total. The molecule has 0 atom stereocenters. The molecule has 1 aromatic heterocycles. The Morgan fingerprint density at radius 1 is 0.967 bits per heavy atom. The third-order valence-electron chi connectivity index (χ3n) is 4.84. The summed E-state index contributed by atoms with van der Waals surface area (Å²) in [7, 11) is 0. The molecule has 0 amide bonds. The van der Waals surface area contributed by atoms with Crippen LogP contribution in [0.4, 0.5) is 0 Å². The minimum Gasteiger partial charge on any atom is -0.460 e. The number of benzene rings is 2. The Balaban J connectivity index is 1.72. The van der Waals surface area contributed by atoms with E-state index < -0.39 is 11.8 Å². The first kappa shape index (κ1) is 22.1. The van der Waals surface area contributed by atoms with Crippen molar-refractivity contribution < 1.29 is 19.1 Å². The molecular weight excluding hydrogens is 400 g/mol. The highest BCUT2D eigenvalue weighted by atomic mass is 32.1. The summed E-state index contributed by atoms with van der Waals surface area (Å²) in [6, 6.07) is 10.7. The van der Waals surface area contributed by atoms with Gasteiger partial charge in [0, 0.05) is 33.6 Å². The predicted octanol–water partition coefficient (Wildman–Crippen LogP) is 5.05. The molecule has 0 saturated heterocycles. The van der Waals surface area contributed by atoms with Gasteiger partial charge in [-0.3, -0.25) is 9.59 Å². The second-order valence-corrected chi connectivity index (χ2v) is 8.33. The molecular formula is C24H26O5S. The van der Waals surface area contributed by atoms with E-state index in [1.165, 1.54) is 17.4 Å². The van der Waals surface area contributed by atoms with Crippen LogP contribution in [0.1, 0.15) is 48.5 Å². The van der Waals surface area contributed by atoms with Crippen LogP contribution in [0.2, 0.25) is 0 Å². The summed E-state index contributed by atoms with van der Waals surface area (Å²) in [5.74, 6) is -1.71. The van der Waals surface area contributed by atoms with Crippen LogP contribution in [0.25, 0.3) is 20.2 Å². The summed E-state index contributed by atoms with van der Waals surface area (Å²) in [6.45, 7) is 5.53. The molecule has 0 N–H and O–H groups in total. The Hall–Kier alpha value is -2.57. The maximum Gasteiger partial charge on any atom is 0.379 e. The topological polar surface area (TPSA) is 69.7 Å². The molecule has 2 aromatic carbocycles. The van der Waals surface area contributed by atoms with Gasteiger partial charge >= 0.3 is 5.97 Å². The molecule has 158 valence electrons. The Bertz CT molecular complexity index is 1120. The van der Waals surface area contributed by atoms with Crippen LogP contribution >= 0.6 is 11.3 Å². The highest BCUT2D eigenvalue weighted by Crippen LogP contribution is 2.27. The minimum absolute atomic E-state index is 0.102. The van der Waals surface area contributed by atoms with Crippen LogP contribution in [-0.2, 0) is 14.3 Å². The zero-order chi connectivity index (χ0) is 21.5. The maximum absolute atomic E-state index is 13.1. The second kappa shape index (κ2) is 10.5. The lowest BCUT2D eigenvalue weighted by molar-refractivity contribution is -0.138. The Morgan fingerprint density at radius 3 is 2.53 bits per heavy atom. The molecule has 1 heterocycles. The van der Waals surface area contributed by atoms with Gasteiger partial charge in [0.1, 0.15) is 0 Å². The lowest BCUT2D eigenvalue weighted by Crippen LogP contribution is -2.20. The van der Waals surface area contributed by atoms with Crippen LogP contribution in [0.5, 0.6) is 0 Å². The van der Waals surface area contributed by atoms with E-state index in [0.29, 0.717) is 23.1 Å². The zero-order valence-electron chi connectivity index (χ0n) is 17.4. The first-order chi connectivity index (χ1) is 14.5. The molecule has 6 heteroatoms. The molecule has 0 aliphatic rings. The van der Waals surface area contributed by atoms with Gasteiger partial charge in [-0.2, -0.15) is 0 Å². The van der Waals surface area contributed by atoms with Crippen LogP contribution in [-0.4, -0.2) is 31.6 Å². The monoisotopic (exact) mass is 426 g/mol. The van der Waals surface area contributed by atoms with Gasteiger partial charge in [-0.1, -0.05) is 31.0 Å². The number of carbonyl (C=O) groups is 2. The number of aryl methyl sites for hydroxylation is 1. The van der Waals surface area contributed by atoms with E-state index in [-0.39, 0.29) is 23.0 Å². The number of hydrogen-bond acceptors (Lipinski definition) is 6. The Kier molecular flexibility index (Phi) is 7.71. The molecule has 30 heavy (non-hydrogen) atoms. The van der Waals surface area contributed by atoms with Gasteiger partial charge in [-0.25, -0.2) is 4.79 Å². The van der Waals surface area contributed by atoms with Crippen molar-refractivity contribution in [1.82, 2.24) is 0 Å². The van der Waals surface area contributed by atoms with Crippen molar-refractivity contribution in [2.75, 3.05) is 19.8 Å². The number of rotatable bonds is 10. The number of ketones is 1. The molecule has 0 spiro atoms. The zero-order valence-corrected chi connectivity index (χ0v) is 18.2. The lowest BCUT2D eigenvalue weighted by atomic mass is 10.0. The number of unbranched alkanes of at least 4 members (excludes halogenated alkanes) is 2. The molecule has 3 aromatic rings. The van der Waals surface area contributed by atoms with Crippen molar-refractivity contribution in [3.05, 3.63) is 57.7 Å². The number of Topliss-reactive ketones (excluding diaryl/α,β-unsaturated/α-hetero) is 1. The summed E-state index contributed by atoms with van der Waals surface area (Å²) in [5, 5.41) is 0.844. The van der Waals surface area contributed by atoms with Crippen LogP contribution in [0.15, 0.2) is 41.2 Å². The molecule has 0 radical (unpaired) electrons. The average molecular weight is 427 g/mol. The van der Waals surface area contributed by atoms with Crippen molar-refractivity contribution in [2.24, 2.45) is 0 Å². The lowest BCUT2D eigenvalue weighted by Gasteiger charge is -2.08. The van der Waals surface area contributed by atoms with E-state index in [0.717, 1.165) is 36.1 Å². The van der Waals surface area contributed by atoms with E-state index >= 15 is 0 Å². The molecule has 0 aliphatic heterocycles. The van der Waals surface area contributed by atoms with Gasteiger partial charge in [0.2, 0.25) is 0 Å². The molecule has 0 aliphatic carbocycles. The molecule has 0 unspecified atom stereocenters. The Morgan fingerprint density at radius 2 is 1.73 bits per heavy atom. The van der Waals surface area contributed by atoms with Crippen molar-refractivity contribution in [3.8, 4) is 0 Å². The van der Waals surface area contributed by atoms with E-state index in [9.17, 15) is 14.4 Å². The SMILES string of the molecule is CCCCOCCCCOC(=O)C(=O)c1cccc2sc3ccc(C)cc3c(=O)c12. The highest BCUT2D eigenvalue weighted by Gasteiger charge is 2.22. The van der Waals surface area contributed by atoms with Gasteiger partial charge < -0.3 is 9.47 Å². The van der Waals surface area contributed by atoms with Gasteiger partial charge in [0.15, 0.2) is 5.43 Å². The maximum atomic E-state index is 13.1. The molecule has 3 rings (SSSR count). The van der Waals surface area contributed by atoms with Crippen LogP contribution in [0, 0.1) is 6.92 Å². The standard InChI is InChI=1S/C24H26O5S/c1-3-4-12-28-13-5-6-14-29-24(27)23(26)17-8-7-9-20-21(17)22(25)18-15-16(2)10-11-19(18)30-20/h7-11,15H,3-6,12-14H2,1-2H3. The van der Waals surface area contributed by atoms with E-state index in [4.69, 9.17) is 9.47 Å². The van der Waals surface area contributed by atoms with E-state index in [2.05, 4.69) is 6.92 Å². The van der Waals surface area contributed by atoms with Gasteiger partial charge in [0.05, 0.1) is 12.0 Å². The second-order valence-electron chi connectivity index (χ2n) is 7.25. The normalized spacial score (nSPS) is 11.1. The number of carbonyl (C=O) groups excluding carboxylic acids is 2. The van der Waals surface area contributed by atoms with Gasteiger partial charge in [0.25, 0.3) is 5.78 Å². The number of esters is 1. The summed E-state index contributed by atoms with van der Waals surface area (Å²) >= 11 is 1.43. The minimum atomic E-state index is -0.928. The fraction of sp³-hybridized carbons (Fsp3) is 0.375. The van der Waals surface area contributed by atoms with Crippen LogP contribution < -0.4 is 5.43 Å². The number of fused-ring (bicyclic) bond motifs is 2. The molecule has 0 saturated carbocycles. The number of hydrogen-bond donors (Lipinski definition) is 0. The third kappa shape index (κ3) is 5.12.